The van der Waals surface area contributed by atoms with Gasteiger partial charge in [-0.2, -0.15) is 0 Å². The van der Waals surface area contributed by atoms with Crippen molar-refractivity contribution in [1.29, 1.82) is 0 Å². The zero-order chi connectivity index (χ0) is 42.8. The van der Waals surface area contributed by atoms with Gasteiger partial charge < -0.3 is 18.9 Å². The Morgan fingerprint density at radius 3 is 1.45 bits per heavy atom. The van der Waals surface area contributed by atoms with Gasteiger partial charge in [0.25, 0.3) is 0 Å². The summed E-state index contributed by atoms with van der Waals surface area (Å²) in [6.07, 6.45) is 49.8. The van der Waals surface area contributed by atoms with Gasteiger partial charge >= 0.3 is 19.8 Å². The molecule has 0 aromatic heterocycles. The molecule has 334 valence electrons. The molecule has 58 heavy (non-hydrogen) atoms. The predicted octanol–water partition coefficient (Wildman–Crippen LogP) is 13.0. The Labute approximate surface area is 355 Å². The van der Waals surface area contributed by atoms with Crippen LogP contribution in [0.5, 0.6) is 0 Å². The molecule has 0 amide bonds. The summed E-state index contributed by atoms with van der Waals surface area (Å²) in [4.78, 5) is 35.3. The van der Waals surface area contributed by atoms with Crippen LogP contribution in [0.1, 0.15) is 168 Å². The third-order valence-electron chi connectivity index (χ3n) is 9.24. The van der Waals surface area contributed by atoms with Crippen molar-refractivity contribution in [1.82, 2.24) is 0 Å². The Balaban J connectivity index is 4.51. The van der Waals surface area contributed by atoms with Crippen LogP contribution in [0, 0.1) is 0 Å². The van der Waals surface area contributed by atoms with Crippen molar-refractivity contribution >= 4 is 19.8 Å². The number of hydrogen-bond acceptors (Lipinski definition) is 7. The van der Waals surface area contributed by atoms with E-state index in [-0.39, 0.29) is 26.1 Å². The first-order valence-electron chi connectivity index (χ1n) is 22.7. The number of unbranched alkanes of at least 4 members (excludes halogenated alkanes) is 14. The van der Waals surface area contributed by atoms with Crippen molar-refractivity contribution in [2.24, 2.45) is 0 Å². The Morgan fingerprint density at radius 2 is 0.931 bits per heavy atom. The standard InChI is InChI=1S/C48H84NO8P/c1-6-8-10-12-14-16-18-20-22-23-24-25-27-28-30-32-34-36-38-40-47(50)54-44-46(45-56-58(52,53)55-43-42-49(3,4)5)57-48(51)41-39-37-35-33-31-29-26-21-19-17-15-13-11-9-7-2/h14,16,20,22,24-25,28,30,34-37,46H,6-13,15,17-19,21,23,26-27,29,31-33,38-45H2,1-5H3/p+1/b16-14+,22-20+,25-24+,30-28+,36-34+,37-35+/t46-/m1/s1. The Morgan fingerprint density at radius 1 is 0.534 bits per heavy atom. The minimum Gasteiger partial charge on any atom is -0.462 e. The number of phosphoric acid groups is 1. The zero-order valence-corrected chi connectivity index (χ0v) is 38.4. The lowest BCUT2D eigenvalue weighted by Gasteiger charge is -2.24. The molecular formula is C48H85NO8P+. The summed E-state index contributed by atoms with van der Waals surface area (Å²) in [6.45, 7) is 4.26. The fourth-order valence-corrected chi connectivity index (χ4v) is 6.40. The number of esters is 2. The molecule has 0 bridgehead atoms. The first-order valence-corrected chi connectivity index (χ1v) is 24.2. The highest BCUT2D eigenvalue weighted by molar-refractivity contribution is 7.47. The number of hydrogen-bond donors (Lipinski definition) is 1. The van der Waals surface area contributed by atoms with Crippen LogP contribution in [0.25, 0.3) is 0 Å². The van der Waals surface area contributed by atoms with Crippen LogP contribution in [-0.4, -0.2) is 74.9 Å². The lowest BCUT2D eigenvalue weighted by Crippen LogP contribution is -2.37. The van der Waals surface area contributed by atoms with Crippen LogP contribution >= 0.6 is 7.82 Å². The number of quaternary nitrogens is 1. The van der Waals surface area contributed by atoms with Gasteiger partial charge in [0.05, 0.1) is 27.7 Å². The molecule has 0 aliphatic rings. The maximum absolute atomic E-state index is 12.7. The van der Waals surface area contributed by atoms with Crippen LogP contribution in [0.4, 0.5) is 0 Å². The summed E-state index contributed by atoms with van der Waals surface area (Å²) >= 11 is 0. The molecule has 0 rings (SSSR count). The van der Waals surface area contributed by atoms with Crippen molar-refractivity contribution in [2.75, 3.05) is 47.5 Å². The molecule has 0 aromatic rings. The summed E-state index contributed by atoms with van der Waals surface area (Å²) in [7, 11) is 1.41. The number of phosphoric ester groups is 1. The highest BCUT2D eigenvalue weighted by atomic mass is 31.2. The molecule has 0 spiro atoms. The second-order valence-electron chi connectivity index (χ2n) is 16.1. The molecular weight excluding hydrogens is 750 g/mol. The number of carbonyl (C=O) groups excluding carboxylic acids is 2. The Kier molecular flexibility index (Phi) is 38.1. The molecule has 0 aliphatic carbocycles. The van der Waals surface area contributed by atoms with Crippen molar-refractivity contribution in [3.05, 3.63) is 72.9 Å². The summed E-state index contributed by atoms with van der Waals surface area (Å²) < 4.78 is 34.2. The molecule has 1 unspecified atom stereocenters. The summed E-state index contributed by atoms with van der Waals surface area (Å²) in [6, 6.07) is 0. The van der Waals surface area contributed by atoms with E-state index >= 15 is 0 Å². The lowest BCUT2D eigenvalue weighted by molar-refractivity contribution is -0.870. The van der Waals surface area contributed by atoms with Crippen LogP contribution < -0.4 is 0 Å². The van der Waals surface area contributed by atoms with E-state index in [0.717, 1.165) is 38.5 Å². The molecule has 0 saturated carbocycles. The quantitative estimate of drug-likeness (QED) is 0.0214. The molecule has 0 radical (unpaired) electrons. The van der Waals surface area contributed by atoms with Crippen molar-refractivity contribution < 1.29 is 42.1 Å². The van der Waals surface area contributed by atoms with Crippen molar-refractivity contribution in [3.63, 3.8) is 0 Å². The number of carbonyl (C=O) groups is 2. The van der Waals surface area contributed by atoms with E-state index in [0.29, 0.717) is 23.9 Å². The summed E-state index contributed by atoms with van der Waals surface area (Å²) in [5, 5.41) is 0. The van der Waals surface area contributed by atoms with Crippen LogP contribution in [-0.2, 0) is 32.7 Å². The van der Waals surface area contributed by atoms with E-state index in [2.05, 4.69) is 68.5 Å². The lowest BCUT2D eigenvalue weighted by atomic mass is 10.1. The largest absolute Gasteiger partial charge is 0.472 e. The molecule has 0 heterocycles. The number of rotatable bonds is 40. The average Bonchev–Trinajstić information content (AvgIpc) is 3.17. The van der Waals surface area contributed by atoms with Gasteiger partial charge in [-0.1, -0.05) is 164 Å². The van der Waals surface area contributed by atoms with E-state index in [9.17, 15) is 19.0 Å². The zero-order valence-electron chi connectivity index (χ0n) is 37.5. The van der Waals surface area contributed by atoms with Gasteiger partial charge in [-0.05, 0) is 64.2 Å². The first kappa shape index (κ1) is 55.5. The van der Waals surface area contributed by atoms with Gasteiger partial charge in [-0.15, -0.1) is 0 Å². The minimum atomic E-state index is -4.40. The fourth-order valence-electron chi connectivity index (χ4n) is 5.66. The van der Waals surface area contributed by atoms with E-state index in [4.69, 9.17) is 18.5 Å². The van der Waals surface area contributed by atoms with E-state index < -0.39 is 32.5 Å². The number of allylic oxidation sites excluding steroid dienone is 12. The first-order chi connectivity index (χ1) is 28.0. The monoisotopic (exact) mass is 835 g/mol. The van der Waals surface area contributed by atoms with Gasteiger partial charge in [0.2, 0.25) is 0 Å². The Bertz CT molecular complexity index is 1220. The second kappa shape index (κ2) is 39.9. The molecule has 2 atom stereocenters. The van der Waals surface area contributed by atoms with Gasteiger partial charge in [-0.3, -0.25) is 18.6 Å². The summed E-state index contributed by atoms with van der Waals surface area (Å²) in [5.74, 6) is -0.956. The normalized spacial score (nSPS) is 14.2. The average molecular weight is 835 g/mol. The number of nitrogens with zero attached hydrogens (tertiary/aromatic N) is 1. The molecule has 10 heteroatoms. The SMILES string of the molecule is CCCCC/C=C/C/C=C/C/C=C/C/C=C/C/C=C/CCC(=O)OC[C@H](COP(=O)(O)OCC[N+](C)(C)C)OC(=O)CC/C=C/CCCCCCCCCCCCC. The van der Waals surface area contributed by atoms with Gasteiger partial charge in [0.1, 0.15) is 19.8 Å². The van der Waals surface area contributed by atoms with Crippen molar-refractivity contribution in [2.45, 2.75) is 174 Å². The third-order valence-corrected chi connectivity index (χ3v) is 10.2. The summed E-state index contributed by atoms with van der Waals surface area (Å²) in [5.41, 5.74) is 0. The second-order valence-corrected chi connectivity index (χ2v) is 17.5. The molecule has 9 nitrogen and oxygen atoms in total. The molecule has 0 aromatic carbocycles. The maximum Gasteiger partial charge on any atom is 0.472 e. The van der Waals surface area contributed by atoms with Gasteiger partial charge in [0, 0.05) is 12.8 Å². The third kappa shape index (κ3) is 43.0. The highest BCUT2D eigenvalue weighted by Crippen LogP contribution is 2.43. The van der Waals surface area contributed by atoms with E-state index in [1.165, 1.54) is 89.9 Å². The fraction of sp³-hybridized carbons (Fsp3) is 0.708. The molecule has 1 N–H and O–H groups in total. The van der Waals surface area contributed by atoms with Gasteiger partial charge in [0.15, 0.2) is 6.10 Å². The minimum absolute atomic E-state index is 0.0121. The Hall–Kier alpha value is -2.55. The van der Waals surface area contributed by atoms with Crippen LogP contribution in [0.15, 0.2) is 72.9 Å². The van der Waals surface area contributed by atoms with Crippen molar-refractivity contribution in [3.8, 4) is 0 Å². The van der Waals surface area contributed by atoms with E-state index in [1.807, 2.05) is 39.4 Å². The molecule has 0 aliphatic heterocycles. The van der Waals surface area contributed by atoms with Crippen LogP contribution in [0.2, 0.25) is 0 Å². The van der Waals surface area contributed by atoms with Gasteiger partial charge in [-0.25, -0.2) is 4.57 Å². The topological polar surface area (TPSA) is 108 Å². The highest BCUT2D eigenvalue weighted by Gasteiger charge is 2.27. The number of ether oxygens (including phenoxy) is 2. The maximum atomic E-state index is 12.7. The molecule has 0 saturated heterocycles. The smallest absolute Gasteiger partial charge is 0.462 e. The predicted molar refractivity (Wildman–Crippen MR) is 242 cm³/mol. The van der Waals surface area contributed by atoms with Crippen LogP contribution in [0.3, 0.4) is 0 Å². The molecule has 0 fully saturated rings. The van der Waals surface area contributed by atoms with E-state index in [1.54, 1.807) is 0 Å². The number of likely N-dealkylation sites (N-methyl/N-ethyl adjacent to an activating group) is 1.